The lowest BCUT2D eigenvalue weighted by atomic mass is 10.1. The number of hydrogen-bond donors (Lipinski definition) is 1. The van der Waals surface area contributed by atoms with Crippen molar-refractivity contribution >= 4 is 40.5 Å². The van der Waals surface area contributed by atoms with Crippen LogP contribution in [0.1, 0.15) is 16.1 Å². The Labute approximate surface area is 136 Å². The molecule has 0 saturated carbocycles. The van der Waals surface area contributed by atoms with Gasteiger partial charge in [0.05, 0.1) is 5.02 Å². The largest absolute Gasteiger partial charge is 0.450 e. The van der Waals surface area contributed by atoms with Gasteiger partial charge in [0.15, 0.2) is 12.2 Å². The Hall–Kier alpha value is -2.54. The second kappa shape index (κ2) is 5.92. The summed E-state index contributed by atoms with van der Waals surface area (Å²) in [6.07, 6.45) is 0. The van der Waals surface area contributed by atoms with Crippen molar-refractivity contribution in [1.82, 2.24) is 10.2 Å². The number of halogens is 1. The molecule has 2 heterocycles. The minimum Gasteiger partial charge on any atom is -0.450 e. The van der Waals surface area contributed by atoms with Crippen LogP contribution in [0.2, 0.25) is 5.02 Å². The van der Waals surface area contributed by atoms with Gasteiger partial charge in [-0.15, -0.1) is 0 Å². The highest BCUT2D eigenvalue weighted by atomic mass is 35.5. The van der Waals surface area contributed by atoms with Crippen LogP contribution in [0, 0.1) is 6.92 Å². The number of nitrogens with one attached hydrogen (secondary N) is 1. The van der Waals surface area contributed by atoms with E-state index in [1.807, 2.05) is 0 Å². The third-order valence-electron chi connectivity index (χ3n) is 3.59. The number of rotatable bonds is 3. The quantitative estimate of drug-likeness (QED) is 0.867. The number of aryl methyl sites for hydroxylation is 1. The summed E-state index contributed by atoms with van der Waals surface area (Å²) in [7, 11) is 0. The van der Waals surface area contributed by atoms with Crippen molar-refractivity contribution < 1.29 is 23.5 Å². The zero-order valence-electron chi connectivity index (χ0n) is 12.2. The third kappa shape index (κ3) is 2.75. The first-order valence-electron chi connectivity index (χ1n) is 6.92. The van der Waals surface area contributed by atoms with Gasteiger partial charge in [-0.3, -0.25) is 9.69 Å². The van der Waals surface area contributed by atoms with Crippen LogP contribution in [0.4, 0.5) is 4.79 Å². The normalized spacial score (nSPS) is 14.2. The number of carbonyl (C=O) groups is 3. The third-order valence-corrected chi connectivity index (χ3v) is 3.88. The number of imide groups is 1. The summed E-state index contributed by atoms with van der Waals surface area (Å²) in [5.74, 6) is -1.37. The molecule has 1 aromatic carbocycles. The SMILES string of the molecule is Cc1c(C(=O)OCC(=O)N2CCNC2=O)oc2c(Cl)cccc12. The van der Waals surface area contributed by atoms with E-state index in [0.717, 1.165) is 4.90 Å². The number of urea groups is 1. The Balaban J connectivity index is 1.74. The summed E-state index contributed by atoms with van der Waals surface area (Å²) in [6.45, 7) is 1.82. The summed E-state index contributed by atoms with van der Waals surface area (Å²) >= 11 is 6.03. The van der Waals surface area contributed by atoms with E-state index in [0.29, 0.717) is 28.1 Å². The molecule has 1 fully saturated rings. The van der Waals surface area contributed by atoms with Gasteiger partial charge in [0.2, 0.25) is 5.76 Å². The van der Waals surface area contributed by atoms with Crippen LogP contribution in [-0.2, 0) is 9.53 Å². The number of carbonyl (C=O) groups excluding carboxylic acids is 3. The van der Waals surface area contributed by atoms with Gasteiger partial charge >= 0.3 is 12.0 Å². The zero-order chi connectivity index (χ0) is 16.6. The fourth-order valence-corrected chi connectivity index (χ4v) is 2.60. The Morgan fingerprint density at radius 2 is 2.22 bits per heavy atom. The van der Waals surface area contributed by atoms with E-state index in [4.69, 9.17) is 20.8 Å². The molecule has 0 unspecified atom stereocenters. The molecule has 1 N–H and O–H groups in total. The lowest BCUT2D eigenvalue weighted by Gasteiger charge is -2.11. The number of para-hydroxylation sites is 1. The number of esters is 1. The standard InChI is InChI=1S/C15H13ClN2O5/c1-8-9-3-2-4-10(16)13(9)23-12(8)14(20)22-7-11(19)18-6-5-17-15(18)21/h2-4H,5-7H2,1H3,(H,17,21). The molecule has 3 amide bonds. The van der Waals surface area contributed by atoms with E-state index < -0.39 is 24.5 Å². The van der Waals surface area contributed by atoms with Crippen molar-refractivity contribution in [3.8, 4) is 0 Å². The van der Waals surface area contributed by atoms with E-state index in [1.165, 1.54) is 0 Å². The van der Waals surface area contributed by atoms with Gasteiger partial charge in [-0.1, -0.05) is 23.7 Å². The molecular formula is C15H13ClN2O5. The van der Waals surface area contributed by atoms with Crippen molar-refractivity contribution in [2.75, 3.05) is 19.7 Å². The molecule has 7 nitrogen and oxygen atoms in total. The summed E-state index contributed by atoms with van der Waals surface area (Å²) < 4.78 is 10.4. The monoisotopic (exact) mass is 336 g/mol. The highest BCUT2D eigenvalue weighted by Crippen LogP contribution is 2.30. The molecule has 0 atom stereocenters. The molecule has 1 aliphatic heterocycles. The molecule has 1 aliphatic rings. The van der Waals surface area contributed by atoms with Gasteiger partial charge in [-0.25, -0.2) is 9.59 Å². The highest BCUT2D eigenvalue weighted by Gasteiger charge is 2.28. The van der Waals surface area contributed by atoms with Crippen molar-refractivity contribution in [2.24, 2.45) is 0 Å². The smallest absolute Gasteiger partial charge is 0.375 e. The zero-order valence-corrected chi connectivity index (χ0v) is 13.0. The molecule has 0 bridgehead atoms. The second-order valence-corrected chi connectivity index (χ2v) is 5.43. The minimum atomic E-state index is -0.775. The Morgan fingerprint density at radius 1 is 1.43 bits per heavy atom. The second-order valence-electron chi connectivity index (χ2n) is 5.03. The highest BCUT2D eigenvalue weighted by molar-refractivity contribution is 6.35. The molecule has 3 rings (SSSR count). The average Bonchev–Trinajstić information content (AvgIpc) is 3.10. The maximum absolute atomic E-state index is 12.1. The van der Waals surface area contributed by atoms with E-state index in [-0.39, 0.29) is 12.3 Å². The van der Waals surface area contributed by atoms with Gasteiger partial charge in [-0.05, 0) is 13.0 Å². The van der Waals surface area contributed by atoms with Crippen LogP contribution in [-0.4, -0.2) is 42.5 Å². The molecule has 23 heavy (non-hydrogen) atoms. The van der Waals surface area contributed by atoms with Crippen LogP contribution in [0.5, 0.6) is 0 Å². The van der Waals surface area contributed by atoms with Crippen LogP contribution in [0.15, 0.2) is 22.6 Å². The summed E-state index contributed by atoms with van der Waals surface area (Å²) in [6, 6.07) is 4.68. The van der Waals surface area contributed by atoms with Gasteiger partial charge in [0, 0.05) is 24.0 Å². The number of fused-ring (bicyclic) bond motifs is 1. The van der Waals surface area contributed by atoms with E-state index in [9.17, 15) is 14.4 Å². The van der Waals surface area contributed by atoms with Crippen LogP contribution in [0.25, 0.3) is 11.0 Å². The summed E-state index contributed by atoms with van der Waals surface area (Å²) in [5.41, 5.74) is 0.975. The average molecular weight is 337 g/mol. The number of amides is 3. The molecular weight excluding hydrogens is 324 g/mol. The van der Waals surface area contributed by atoms with Crippen molar-refractivity contribution in [3.63, 3.8) is 0 Å². The van der Waals surface area contributed by atoms with Gasteiger partial charge in [-0.2, -0.15) is 0 Å². The van der Waals surface area contributed by atoms with Crippen LogP contribution < -0.4 is 5.32 Å². The van der Waals surface area contributed by atoms with Gasteiger partial charge < -0.3 is 14.5 Å². The maximum Gasteiger partial charge on any atom is 0.375 e. The number of ether oxygens (including phenoxy) is 1. The molecule has 120 valence electrons. The molecule has 0 spiro atoms. The van der Waals surface area contributed by atoms with Crippen LogP contribution >= 0.6 is 11.6 Å². The first-order valence-corrected chi connectivity index (χ1v) is 7.29. The summed E-state index contributed by atoms with van der Waals surface area (Å²) in [4.78, 5) is 36.3. The molecule has 1 aromatic heterocycles. The predicted molar refractivity (Wildman–Crippen MR) is 81.4 cm³/mol. The maximum atomic E-state index is 12.1. The topological polar surface area (TPSA) is 88.9 Å². The first-order chi connectivity index (χ1) is 11.0. The number of furan rings is 1. The van der Waals surface area contributed by atoms with Crippen molar-refractivity contribution in [3.05, 3.63) is 34.5 Å². The first kappa shape index (κ1) is 15.4. The fourth-order valence-electron chi connectivity index (χ4n) is 2.38. The Morgan fingerprint density at radius 3 is 2.87 bits per heavy atom. The van der Waals surface area contributed by atoms with E-state index in [2.05, 4.69) is 5.32 Å². The molecule has 8 heteroatoms. The Kier molecular flexibility index (Phi) is 3.96. The molecule has 2 aromatic rings. The summed E-state index contributed by atoms with van der Waals surface area (Å²) in [5, 5.41) is 3.58. The number of nitrogens with zero attached hydrogens (tertiary/aromatic N) is 1. The van der Waals surface area contributed by atoms with Crippen molar-refractivity contribution in [2.45, 2.75) is 6.92 Å². The molecule has 0 radical (unpaired) electrons. The predicted octanol–water partition coefficient (Wildman–Crippen LogP) is 2.10. The molecule has 1 saturated heterocycles. The lowest BCUT2D eigenvalue weighted by molar-refractivity contribution is -0.130. The van der Waals surface area contributed by atoms with Crippen molar-refractivity contribution in [1.29, 1.82) is 0 Å². The van der Waals surface area contributed by atoms with Crippen LogP contribution in [0.3, 0.4) is 0 Å². The minimum absolute atomic E-state index is 0.00762. The van der Waals surface area contributed by atoms with Gasteiger partial charge in [0.1, 0.15) is 0 Å². The Bertz CT molecular complexity index is 814. The fraction of sp³-hybridized carbons (Fsp3) is 0.267. The molecule has 0 aliphatic carbocycles. The lowest BCUT2D eigenvalue weighted by Crippen LogP contribution is -2.37. The number of hydrogen-bond acceptors (Lipinski definition) is 5. The van der Waals surface area contributed by atoms with E-state index >= 15 is 0 Å². The number of benzene rings is 1. The van der Waals surface area contributed by atoms with Gasteiger partial charge in [0.25, 0.3) is 5.91 Å². The van der Waals surface area contributed by atoms with E-state index in [1.54, 1.807) is 25.1 Å².